The number of allylic oxidation sites excluding steroid dienone is 4. The second-order valence-corrected chi connectivity index (χ2v) is 11.0. The van der Waals surface area contributed by atoms with Gasteiger partial charge in [0.2, 0.25) is 0 Å². The van der Waals surface area contributed by atoms with E-state index in [1.807, 2.05) is 24.3 Å². The maximum Gasteiger partial charge on any atom is 0.0314 e. The highest BCUT2D eigenvalue weighted by Crippen LogP contribution is 2.49. The molecule has 3 aromatic rings. The van der Waals surface area contributed by atoms with Gasteiger partial charge in [-0.25, -0.2) is 0 Å². The Morgan fingerprint density at radius 2 is 1.19 bits per heavy atom. The summed E-state index contributed by atoms with van der Waals surface area (Å²) in [6.07, 6.45) is 15.7. The molecule has 0 heterocycles. The molecule has 0 unspecified atom stereocenters. The first-order chi connectivity index (χ1) is 17.5. The molecule has 5 rings (SSSR count). The van der Waals surface area contributed by atoms with Gasteiger partial charge < -0.3 is 11.5 Å². The van der Waals surface area contributed by atoms with Crippen LogP contribution in [0.25, 0.3) is 0 Å². The minimum absolute atomic E-state index is 0.189. The standard InChI is InChI=1S/C34H40N2/c1-2-25-19-21-34(22-20-25,30-11-3-26(4-12-30)23-28-7-15-32(35)16-8-28)31-13-5-27(6-14-31)24-29-9-17-33(36)18-10-29/h3-5,7-13,15-18,25H,2,6,14,19-24,35-36H2,1H3. The molecule has 0 amide bonds. The van der Waals surface area contributed by atoms with Gasteiger partial charge in [-0.15, -0.1) is 0 Å². The number of anilines is 2. The third kappa shape index (κ3) is 5.43. The van der Waals surface area contributed by atoms with Crippen LogP contribution in [0.5, 0.6) is 0 Å². The van der Waals surface area contributed by atoms with Crippen molar-refractivity contribution < 1.29 is 0 Å². The van der Waals surface area contributed by atoms with Crippen LogP contribution in [0.2, 0.25) is 0 Å². The van der Waals surface area contributed by atoms with Gasteiger partial charge in [-0.3, -0.25) is 0 Å². The average molecular weight is 477 g/mol. The summed E-state index contributed by atoms with van der Waals surface area (Å²) >= 11 is 0. The van der Waals surface area contributed by atoms with Crippen LogP contribution in [0.15, 0.2) is 96.1 Å². The molecular weight excluding hydrogens is 436 g/mol. The minimum Gasteiger partial charge on any atom is -0.399 e. The van der Waals surface area contributed by atoms with Crippen molar-refractivity contribution in [3.05, 3.63) is 118 Å². The van der Waals surface area contributed by atoms with E-state index in [0.717, 1.165) is 36.6 Å². The van der Waals surface area contributed by atoms with Gasteiger partial charge in [-0.05, 0) is 104 Å². The lowest BCUT2D eigenvalue weighted by Gasteiger charge is -2.43. The average Bonchev–Trinajstić information content (AvgIpc) is 2.92. The van der Waals surface area contributed by atoms with E-state index in [-0.39, 0.29) is 5.41 Å². The van der Waals surface area contributed by atoms with E-state index < -0.39 is 0 Å². The van der Waals surface area contributed by atoms with Crippen LogP contribution < -0.4 is 11.5 Å². The maximum atomic E-state index is 5.87. The Bertz CT molecular complexity index is 1210. The van der Waals surface area contributed by atoms with E-state index in [4.69, 9.17) is 11.5 Å². The van der Waals surface area contributed by atoms with Gasteiger partial charge >= 0.3 is 0 Å². The lowest BCUT2D eigenvalue weighted by molar-refractivity contribution is 0.252. The first kappa shape index (κ1) is 24.4. The molecule has 2 nitrogen and oxygen atoms in total. The lowest BCUT2D eigenvalue weighted by atomic mass is 9.60. The van der Waals surface area contributed by atoms with E-state index >= 15 is 0 Å². The molecule has 2 aliphatic rings. The van der Waals surface area contributed by atoms with Gasteiger partial charge in [0.25, 0.3) is 0 Å². The summed E-state index contributed by atoms with van der Waals surface area (Å²) < 4.78 is 0. The zero-order valence-corrected chi connectivity index (χ0v) is 21.7. The predicted molar refractivity (Wildman–Crippen MR) is 154 cm³/mol. The molecule has 186 valence electrons. The number of rotatable bonds is 7. The largest absolute Gasteiger partial charge is 0.399 e. The van der Waals surface area contributed by atoms with Gasteiger partial charge in [0.1, 0.15) is 0 Å². The number of nitrogens with two attached hydrogens (primary N) is 2. The Hall–Kier alpha value is -3.26. The third-order valence-electron chi connectivity index (χ3n) is 8.69. The Morgan fingerprint density at radius 1 is 0.667 bits per heavy atom. The molecule has 0 saturated heterocycles. The fraction of sp³-hybridized carbons (Fsp3) is 0.353. The van der Waals surface area contributed by atoms with Crippen molar-refractivity contribution in [3.8, 4) is 0 Å². The van der Waals surface area contributed by atoms with Gasteiger partial charge in [0.15, 0.2) is 0 Å². The molecule has 36 heavy (non-hydrogen) atoms. The highest BCUT2D eigenvalue weighted by atomic mass is 14.5. The van der Waals surface area contributed by atoms with E-state index in [0.29, 0.717) is 0 Å². The molecule has 0 atom stereocenters. The van der Waals surface area contributed by atoms with Crippen LogP contribution in [0.1, 0.15) is 74.1 Å². The van der Waals surface area contributed by atoms with Crippen LogP contribution >= 0.6 is 0 Å². The Balaban J connectivity index is 1.38. The summed E-state index contributed by atoms with van der Waals surface area (Å²) in [6.45, 7) is 2.36. The monoisotopic (exact) mass is 476 g/mol. The number of nitrogen functional groups attached to an aromatic ring is 2. The van der Waals surface area contributed by atoms with Crippen molar-refractivity contribution in [1.82, 2.24) is 0 Å². The lowest BCUT2D eigenvalue weighted by Crippen LogP contribution is -2.34. The van der Waals surface area contributed by atoms with E-state index in [2.05, 4.69) is 67.6 Å². The van der Waals surface area contributed by atoms with Crippen LogP contribution in [0.3, 0.4) is 0 Å². The van der Waals surface area contributed by atoms with Crippen molar-refractivity contribution in [2.75, 3.05) is 11.5 Å². The topological polar surface area (TPSA) is 52.0 Å². The molecule has 0 aromatic heterocycles. The van der Waals surface area contributed by atoms with E-state index in [9.17, 15) is 0 Å². The summed E-state index contributed by atoms with van der Waals surface area (Å²) in [7, 11) is 0. The zero-order chi connectivity index (χ0) is 25.0. The number of benzene rings is 3. The van der Waals surface area contributed by atoms with Crippen LogP contribution in [-0.4, -0.2) is 0 Å². The van der Waals surface area contributed by atoms with Crippen LogP contribution in [0, 0.1) is 5.92 Å². The van der Waals surface area contributed by atoms with E-state index in [1.54, 1.807) is 5.57 Å². The summed E-state index contributed by atoms with van der Waals surface area (Å²) in [5.41, 5.74) is 22.3. The van der Waals surface area contributed by atoms with Crippen LogP contribution in [-0.2, 0) is 18.3 Å². The van der Waals surface area contributed by atoms with Crippen molar-refractivity contribution in [3.63, 3.8) is 0 Å². The normalized spacial score (nSPS) is 22.1. The minimum atomic E-state index is 0.189. The van der Waals surface area contributed by atoms with Gasteiger partial charge in [0.05, 0.1) is 0 Å². The first-order valence-corrected chi connectivity index (χ1v) is 13.7. The fourth-order valence-corrected chi connectivity index (χ4v) is 6.31. The quantitative estimate of drug-likeness (QED) is 0.338. The molecule has 3 aromatic carbocycles. The highest BCUT2D eigenvalue weighted by molar-refractivity contribution is 5.45. The van der Waals surface area contributed by atoms with Gasteiger partial charge in [0, 0.05) is 16.8 Å². The molecular formula is C34H40N2. The third-order valence-corrected chi connectivity index (χ3v) is 8.69. The number of hydrogen-bond donors (Lipinski definition) is 2. The molecule has 0 aliphatic heterocycles. The number of hydrogen-bond acceptors (Lipinski definition) is 2. The molecule has 1 saturated carbocycles. The van der Waals surface area contributed by atoms with Gasteiger partial charge in [-0.1, -0.05) is 85.2 Å². The first-order valence-electron chi connectivity index (χ1n) is 13.7. The maximum absolute atomic E-state index is 5.87. The second-order valence-electron chi connectivity index (χ2n) is 11.0. The van der Waals surface area contributed by atoms with Crippen molar-refractivity contribution >= 4 is 11.4 Å². The Kier molecular flexibility index (Phi) is 7.32. The van der Waals surface area contributed by atoms with Crippen molar-refractivity contribution in [2.24, 2.45) is 5.92 Å². The summed E-state index contributed by atoms with van der Waals surface area (Å²) in [5, 5.41) is 0. The summed E-state index contributed by atoms with van der Waals surface area (Å²) in [5.74, 6) is 0.878. The van der Waals surface area contributed by atoms with Crippen molar-refractivity contribution in [1.29, 1.82) is 0 Å². The van der Waals surface area contributed by atoms with Gasteiger partial charge in [-0.2, -0.15) is 0 Å². The summed E-state index contributed by atoms with van der Waals surface area (Å²) in [6, 6.07) is 26.2. The molecule has 0 spiro atoms. The molecule has 2 heteroatoms. The molecule has 1 fully saturated rings. The van der Waals surface area contributed by atoms with Crippen LogP contribution in [0.4, 0.5) is 11.4 Å². The zero-order valence-electron chi connectivity index (χ0n) is 21.7. The fourth-order valence-electron chi connectivity index (χ4n) is 6.31. The Morgan fingerprint density at radius 3 is 1.69 bits per heavy atom. The summed E-state index contributed by atoms with van der Waals surface area (Å²) in [4.78, 5) is 0. The molecule has 0 bridgehead atoms. The smallest absolute Gasteiger partial charge is 0.0314 e. The molecule has 0 radical (unpaired) electrons. The highest BCUT2D eigenvalue weighted by Gasteiger charge is 2.39. The SMILES string of the molecule is CCC1CCC(C2=CC=C(Cc3ccc(N)cc3)CC2)(c2ccc(Cc3ccc(N)cc3)cc2)CC1. The Labute approximate surface area is 217 Å². The molecule has 2 aliphatic carbocycles. The second kappa shape index (κ2) is 10.8. The molecule has 4 N–H and O–H groups in total. The van der Waals surface area contributed by atoms with Crippen molar-refractivity contribution in [2.45, 2.75) is 70.1 Å². The van der Waals surface area contributed by atoms with E-state index in [1.165, 1.54) is 66.4 Å². The predicted octanol–water partition coefficient (Wildman–Crippen LogP) is 8.17.